The van der Waals surface area contributed by atoms with Gasteiger partial charge in [0.2, 0.25) is 15.0 Å². The summed E-state index contributed by atoms with van der Waals surface area (Å²) < 4.78 is 35.9. The van der Waals surface area contributed by atoms with E-state index in [1.54, 1.807) is 43.7 Å². The molecular weight excluding hydrogens is 492 g/mol. The van der Waals surface area contributed by atoms with Gasteiger partial charge in [-0.25, -0.2) is 18.4 Å². The second-order valence-electron chi connectivity index (χ2n) is 8.39. The largest absolute Gasteiger partial charge is 0.497 e. The van der Waals surface area contributed by atoms with Gasteiger partial charge >= 0.3 is 0 Å². The van der Waals surface area contributed by atoms with Gasteiger partial charge in [-0.05, 0) is 48.9 Å². The Bertz CT molecular complexity index is 1450. The molecule has 2 heterocycles. The highest BCUT2D eigenvalue weighted by molar-refractivity contribution is 7.91. The molecule has 0 bridgehead atoms. The molecule has 0 atom stereocenters. The first-order valence-corrected chi connectivity index (χ1v) is 13.3. The monoisotopic (exact) mass is 520 g/mol. The molecule has 4 aromatic rings. The van der Waals surface area contributed by atoms with Crippen LogP contribution in [0.1, 0.15) is 34.3 Å². The van der Waals surface area contributed by atoms with Gasteiger partial charge in [-0.15, -0.1) is 0 Å². The third-order valence-corrected chi connectivity index (χ3v) is 7.24. The van der Waals surface area contributed by atoms with Crippen molar-refractivity contribution in [3.8, 4) is 5.75 Å². The number of hydrogen-bond donors (Lipinski definition) is 1. The summed E-state index contributed by atoms with van der Waals surface area (Å²) in [5, 5.41) is 2.41. The molecule has 0 saturated carbocycles. The fourth-order valence-electron chi connectivity index (χ4n) is 3.63. The van der Waals surface area contributed by atoms with Crippen LogP contribution in [0.15, 0.2) is 82.7 Å². The lowest BCUT2D eigenvalue weighted by molar-refractivity contribution is 0.102. The van der Waals surface area contributed by atoms with Crippen molar-refractivity contribution >= 4 is 27.1 Å². The van der Waals surface area contributed by atoms with E-state index in [2.05, 4.69) is 15.3 Å². The fourth-order valence-corrected chi connectivity index (χ4v) is 4.33. The van der Waals surface area contributed by atoms with Crippen molar-refractivity contribution in [1.29, 1.82) is 0 Å². The number of ether oxygens (including phenoxy) is 1. The fraction of sp³-hybridized carbons (Fsp3) is 0.222. The Labute approximate surface area is 216 Å². The Morgan fingerprint density at radius 2 is 1.78 bits per heavy atom. The van der Waals surface area contributed by atoms with Crippen LogP contribution >= 0.6 is 0 Å². The Hall–Kier alpha value is -4.18. The molecule has 0 radical (unpaired) electrons. The number of aryl methyl sites for hydroxylation is 1. The molecule has 0 aliphatic heterocycles. The molecular formula is C27H28N4O5S. The second-order valence-corrected chi connectivity index (χ2v) is 10.6. The summed E-state index contributed by atoms with van der Waals surface area (Å²) in [5.41, 5.74) is 2.93. The van der Waals surface area contributed by atoms with Gasteiger partial charge in [-0.3, -0.25) is 4.79 Å². The van der Waals surface area contributed by atoms with Crippen LogP contribution in [0.4, 0.5) is 11.4 Å². The molecule has 37 heavy (non-hydrogen) atoms. The summed E-state index contributed by atoms with van der Waals surface area (Å²) >= 11 is 0. The number of nitrogens with one attached hydrogen (secondary N) is 1. The van der Waals surface area contributed by atoms with Crippen LogP contribution in [0.3, 0.4) is 0 Å². The molecule has 2 aromatic heterocycles. The van der Waals surface area contributed by atoms with E-state index >= 15 is 0 Å². The highest BCUT2D eigenvalue weighted by atomic mass is 32.2. The van der Waals surface area contributed by atoms with E-state index in [9.17, 15) is 13.2 Å². The van der Waals surface area contributed by atoms with Gasteiger partial charge in [0.15, 0.2) is 5.69 Å². The molecule has 0 spiro atoms. The number of furan rings is 1. The second kappa shape index (κ2) is 11.3. The van der Waals surface area contributed by atoms with E-state index in [4.69, 9.17) is 9.15 Å². The molecule has 0 unspecified atom stereocenters. The number of aromatic nitrogens is 2. The predicted octanol–water partition coefficient (Wildman–Crippen LogP) is 4.64. The maximum atomic E-state index is 13.5. The van der Waals surface area contributed by atoms with Crippen molar-refractivity contribution in [1.82, 2.24) is 9.97 Å². The highest BCUT2D eigenvalue weighted by Gasteiger charge is 2.25. The Kier molecular flexibility index (Phi) is 7.88. The molecule has 0 aliphatic rings. The van der Waals surface area contributed by atoms with Gasteiger partial charge in [-0.2, -0.15) is 0 Å². The number of hydrogen-bond acceptors (Lipinski definition) is 8. The smallest absolute Gasteiger partial charge is 0.276 e. The third-order valence-electron chi connectivity index (χ3n) is 5.73. The number of carbonyl (C=O) groups excluding carboxylic acids is 1. The van der Waals surface area contributed by atoms with E-state index < -0.39 is 20.9 Å². The molecule has 0 fully saturated rings. The Morgan fingerprint density at radius 1 is 1.05 bits per heavy atom. The molecule has 2 aromatic carbocycles. The molecule has 0 saturated heterocycles. The van der Waals surface area contributed by atoms with Crippen molar-refractivity contribution in [3.63, 3.8) is 0 Å². The van der Waals surface area contributed by atoms with Crippen LogP contribution in [-0.2, 0) is 22.9 Å². The average molecular weight is 521 g/mol. The van der Waals surface area contributed by atoms with Gasteiger partial charge in [0.25, 0.3) is 5.91 Å². The van der Waals surface area contributed by atoms with E-state index in [1.807, 2.05) is 42.2 Å². The Morgan fingerprint density at radius 3 is 2.41 bits per heavy atom. The van der Waals surface area contributed by atoms with Gasteiger partial charge in [-0.1, -0.05) is 36.8 Å². The number of carbonyl (C=O) groups is 1. The standard InChI is InChI=1S/C27H28N4O5S/c1-4-37(33,34)27-28-16-24(25(30-27)26(32)29-21-11-13-22(35-3)14-12-21)31(18-23-6-5-15-36-23)17-20-9-7-19(2)8-10-20/h5-16H,4,17-18H2,1-3H3,(H,29,32). The minimum atomic E-state index is -3.75. The van der Waals surface area contributed by atoms with Gasteiger partial charge in [0.05, 0.1) is 37.6 Å². The van der Waals surface area contributed by atoms with Crippen LogP contribution in [0.2, 0.25) is 0 Å². The minimum absolute atomic E-state index is 0.0588. The van der Waals surface area contributed by atoms with Crippen molar-refractivity contribution in [2.24, 2.45) is 0 Å². The van der Waals surface area contributed by atoms with Crippen LogP contribution in [0.5, 0.6) is 5.75 Å². The van der Waals surface area contributed by atoms with Crippen molar-refractivity contribution in [2.45, 2.75) is 32.1 Å². The zero-order valence-corrected chi connectivity index (χ0v) is 21.7. The zero-order chi connectivity index (χ0) is 26.4. The van der Waals surface area contributed by atoms with E-state index in [-0.39, 0.29) is 11.4 Å². The molecule has 9 nitrogen and oxygen atoms in total. The van der Waals surface area contributed by atoms with Crippen LogP contribution in [0.25, 0.3) is 0 Å². The van der Waals surface area contributed by atoms with Crippen LogP contribution < -0.4 is 15.0 Å². The lowest BCUT2D eigenvalue weighted by Crippen LogP contribution is -2.27. The van der Waals surface area contributed by atoms with Crippen LogP contribution in [0, 0.1) is 6.92 Å². The highest BCUT2D eigenvalue weighted by Crippen LogP contribution is 2.26. The molecule has 10 heteroatoms. The number of nitrogens with zero attached hydrogens (tertiary/aromatic N) is 3. The average Bonchev–Trinajstić information content (AvgIpc) is 3.43. The first-order valence-electron chi connectivity index (χ1n) is 11.7. The molecule has 1 amide bonds. The number of benzene rings is 2. The third kappa shape index (κ3) is 6.34. The SMILES string of the molecule is CCS(=O)(=O)c1ncc(N(Cc2ccc(C)cc2)Cc2ccco2)c(C(=O)Nc2ccc(OC)cc2)n1. The Balaban J connectivity index is 1.77. The first-order chi connectivity index (χ1) is 17.8. The summed E-state index contributed by atoms with van der Waals surface area (Å²) in [6.45, 7) is 4.23. The molecule has 1 N–H and O–H groups in total. The lowest BCUT2D eigenvalue weighted by Gasteiger charge is -2.25. The normalized spacial score (nSPS) is 11.2. The first kappa shape index (κ1) is 25.9. The predicted molar refractivity (Wildman–Crippen MR) is 140 cm³/mol. The topological polar surface area (TPSA) is 115 Å². The summed E-state index contributed by atoms with van der Waals surface area (Å²) in [4.78, 5) is 23.7. The maximum absolute atomic E-state index is 13.5. The van der Waals surface area contributed by atoms with Crippen molar-refractivity contribution in [3.05, 3.63) is 95.7 Å². The van der Waals surface area contributed by atoms with E-state index in [1.165, 1.54) is 13.1 Å². The number of amides is 1. The van der Waals surface area contributed by atoms with Crippen LogP contribution in [-0.4, -0.2) is 37.2 Å². The number of sulfone groups is 1. The molecule has 4 rings (SSSR count). The van der Waals surface area contributed by atoms with Gasteiger partial charge < -0.3 is 19.4 Å². The van der Waals surface area contributed by atoms with Crippen molar-refractivity contribution in [2.75, 3.05) is 23.1 Å². The summed E-state index contributed by atoms with van der Waals surface area (Å²) in [6, 6.07) is 18.4. The van der Waals surface area contributed by atoms with Crippen molar-refractivity contribution < 1.29 is 22.4 Å². The van der Waals surface area contributed by atoms with Gasteiger partial charge in [0, 0.05) is 12.2 Å². The molecule has 0 aliphatic carbocycles. The zero-order valence-electron chi connectivity index (χ0n) is 20.8. The minimum Gasteiger partial charge on any atom is -0.497 e. The quantitative estimate of drug-likeness (QED) is 0.301. The number of methoxy groups -OCH3 is 1. The van der Waals surface area contributed by atoms with E-state index in [0.717, 1.165) is 11.1 Å². The summed E-state index contributed by atoms with van der Waals surface area (Å²) in [5.74, 6) is 0.549. The summed E-state index contributed by atoms with van der Waals surface area (Å²) in [6.07, 6.45) is 2.96. The van der Waals surface area contributed by atoms with E-state index in [0.29, 0.717) is 36.0 Å². The maximum Gasteiger partial charge on any atom is 0.276 e. The number of rotatable bonds is 10. The molecule has 192 valence electrons. The van der Waals surface area contributed by atoms with Gasteiger partial charge in [0.1, 0.15) is 11.5 Å². The summed E-state index contributed by atoms with van der Waals surface area (Å²) in [7, 11) is -2.19. The lowest BCUT2D eigenvalue weighted by atomic mass is 10.1. The number of anilines is 2.